The Labute approximate surface area is 161 Å². The number of aromatic amines is 1. The minimum absolute atomic E-state index is 0.268. The predicted octanol–water partition coefficient (Wildman–Crippen LogP) is 1.92. The molecule has 28 heavy (non-hydrogen) atoms. The average Bonchev–Trinajstić information content (AvgIpc) is 3.00. The molecule has 0 radical (unpaired) electrons. The number of fused-ring (bicyclic) bond motifs is 1. The van der Waals surface area contributed by atoms with Gasteiger partial charge in [-0.15, -0.1) is 0 Å². The van der Waals surface area contributed by atoms with Gasteiger partial charge in [-0.3, -0.25) is 14.3 Å². The van der Waals surface area contributed by atoms with Crippen molar-refractivity contribution in [3.05, 3.63) is 50.7 Å². The topological polar surface area (TPSA) is 106 Å². The first kappa shape index (κ1) is 19.4. The lowest BCUT2D eigenvalue weighted by Gasteiger charge is -2.10. The molecule has 9 heteroatoms. The van der Waals surface area contributed by atoms with Crippen LogP contribution in [0.15, 0.2) is 39.0 Å². The van der Waals surface area contributed by atoms with Crippen LogP contribution in [0.25, 0.3) is 11.2 Å². The highest BCUT2D eigenvalue weighted by Gasteiger charge is 2.17. The Balaban J connectivity index is 1.93. The second-order valence-corrected chi connectivity index (χ2v) is 6.80. The number of imidazole rings is 1. The summed E-state index contributed by atoms with van der Waals surface area (Å²) in [5, 5.41) is 4.23. The summed E-state index contributed by atoms with van der Waals surface area (Å²) in [6.45, 7) is 7.18. The molecule has 0 saturated carbocycles. The Morgan fingerprint density at radius 1 is 1.29 bits per heavy atom. The van der Waals surface area contributed by atoms with Crippen LogP contribution in [0.3, 0.4) is 0 Å². The van der Waals surface area contributed by atoms with Crippen molar-refractivity contribution in [2.45, 2.75) is 27.3 Å². The predicted molar refractivity (Wildman–Crippen MR) is 109 cm³/mol. The number of aryl methyl sites for hydroxylation is 1. The smallest absolute Gasteiger partial charge is 0.329 e. The summed E-state index contributed by atoms with van der Waals surface area (Å²) in [4.78, 5) is 30.9. The van der Waals surface area contributed by atoms with Gasteiger partial charge in [-0.05, 0) is 42.7 Å². The molecule has 0 aliphatic rings. The minimum Gasteiger partial charge on any atom is -0.494 e. The standard InChI is InChI=1S/C19H24N6O3/c1-5-28-14-8-6-13(7-9-14)10-20-23-18-21-16-15(25(18)11-12(2)3)17(26)22-19(27)24(16)4/h6-10,12H,5,11H2,1-4H3,(H,21,23)(H,22,26,27)/b20-10-. The Kier molecular flexibility index (Phi) is 5.62. The fourth-order valence-electron chi connectivity index (χ4n) is 2.84. The molecule has 0 aliphatic carbocycles. The van der Waals surface area contributed by atoms with Gasteiger partial charge in [0.05, 0.1) is 12.8 Å². The first-order valence-corrected chi connectivity index (χ1v) is 9.12. The molecular weight excluding hydrogens is 360 g/mol. The quantitative estimate of drug-likeness (QED) is 0.478. The number of hydrazone groups is 1. The van der Waals surface area contributed by atoms with E-state index < -0.39 is 11.2 Å². The SMILES string of the molecule is CCOc1ccc(/C=N\Nc2nc3c(c(=O)[nH]c(=O)n3C)n2CC(C)C)cc1. The summed E-state index contributed by atoms with van der Waals surface area (Å²) >= 11 is 0. The highest BCUT2D eigenvalue weighted by Crippen LogP contribution is 2.17. The summed E-state index contributed by atoms with van der Waals surface area (Å²) in [7, 11) is 1.57. The van der Waals surface area contributed by atoms with Crippen molar-refractivity contribution in [3.8, 4) is 5.75 Å². The molecule has 0 aliphatic heterocycles. The molecule has 0 atom stereocenters. The number of benzene rings is 1. The summed E-state index contributed by atoms with van der Waals surface area (Å²) in [5.41, 5.74) is 3.46. The lowest BCUT2D eigenvalue weighted by atomic mass is 10.2. The lowest BCUT2D eigenvalue weighted by Crippen LogP contribution is -2.29. The highest BCUT2D eigenvalue weighted by atomic mass is 16.5. The van der Waals surface area contributed by atoms with Crippen molar-refractivity contribution in [2.24, 2.45) is 18.1 Å². The van der Waals surface area contributed by atoms with Gasteiger partial charge >= 0.3 is 5.69 Å². The molecule has 148 valence electrons. The Bertz CT molecular complexity index is 1110. The van der Waals surface area contributed by atoms with Crippen LogP contribution in [0.4, 0.5) is 5.95 Å². The molecule has 1 aromatic carbocycles. The molecule has 0 amide bonds. The third-order valence-electron chi connectivity index (χ3n) is 4.12. The molecule has 0 unspecified atom stereocenters. The molecule has 9 nitrogen and oxygen atoms in total. The molecule has 2 heterocycles. The second kappa shape index (κ2) is 8.12. The first-order chi connectivity index (χ1) is 13.4. The van der Waals surface area contributed by atoms with E-state index in [1.165, 1.54) is 4.57 Å². The fourth-order valence-corrected chi connectivity index (χ4v) is 2.84. The van der Waals surface area contributed by atoms with E-state index in [0.717, 1.165) is 11.3 Å². The monoisotopic (exact) mass is 384 g/mol. The summed E-state index contributed by atoms with van der Waals surface area (Å²) in [6.07, 6.45) is 1.65. The van der Waals surface area contributed by atoms with E-state index in [1.807, 2.05) is 45.0 Å². The summed E-state index contributed by atoms with van der Waals surface area (Å²) < 4.78 is 8.48. The third-order valence-corrected chi connectivity index (χ3v) is 4.12. The van der Waals surface area contributed by atoms with Crippen LogP contribution in [-0.2, 0) is 13.6 Å². The van der Waals surface area contributed by atoms with E-state index in [4.69, 9.17) is 4.74 Å². The number of aromatic nitrogens is 4. The maximum Gasteiger partial charge on any atom is 0.329 e. The average molecular weight is 384 g/mol. The number of ether oxygens (including phenoxy) is 1. The number of nitrogens with one attached hydrogen (secondary N) is 2. The van der Waals surface area contributed by atoms with Gasteiger partial charge in [-0.25, -0.2) is 10.2 Å². The van der Waals surface area contributed by atoms with E-state index in [9.17, 15) is 9.59 Å². The van der Waals surface area contributed by atoms with Crippen molar-refractivity contribution in [1.82, 2.24) is 19.1 Å². The van der Waals surface area contributed by atoms with Crippen molar-refractivity contribution in [3.63, 3.8) is 0 Å². The Hall–Kier alpha value is -3.36. The zero-order chi connectivity index (χ0) is 20.3. The van der Waals surface area contributed by atoms with Gasteiger partial charge in [0, 0.05) is 13.6 Å². The molecule has 2 N–H and O–H groups in total. The molecule has 0 bridgehead atoms. The zero-order valence-electron chi connectivity index (χ0n) is 16.4. The summed E-state index contributed by atoms with van der Waals surface area (Å²) in [6, 6.07) is 7.52. The van der Waals surface area contributed by atoms with Crippen LogP contribution in [0.1, 0.15) is 26.3 Å². The van der Waals surface area contributed by atoms with Crippen LogP contribution in [0.2, 0.25) is 0 Å². The van der Waals surface area contributed by atoms with Gasteiger partial charge in [0.15, 0.2) is 11.2 Å². The van der Waals surface area contributed by atoms with Gasteiger partial charge in [0.25, 0.3) is 5.56 Å². The number of nitrogens with zero attached hydrogens (tertiary/aromatic N) is 4. The van der Waals surface area contributed by atoms with Gasteiger partial charge in [-0.1, -0.05) is 13.8 Å². The van der Waals surface area contributed by atoms with E-state index in [-0.39, 0.29) is 5.92 Å². The number of hydrogen-bond acceptors (Lipinski definition) is 6. The van der Waals surface area contributed by atoms with Gasteiger partial charge in [-0.2, -0.15) is 10.1 Å². The maximum absolute atomic E-state index is 12.3. The normalized spacial score (nSPS) is 11.6. The zero-order valence-corrected chi connectivity index (χ0v) is 16.4. The molecule has 0 spiro atoms. The molecule has 3 aromatic rings. The van der Waals surface area contributed by atoms with E-state index in [1.54, 1.807) is 17.8 Å². The highest BCUT2D eigenvalue weighted by molar-refractivity contribution is 5.80. The van der Waals surface area contributed by atoms with Crippen LogP contribution in [-0.4, -0.2) is 31.9 Å². The van der Waals surface area contributed by atoms with Crippen molar-refractivity contribution >= 4 is 23.3 Å². The second-order valence-electron chi connectivity index (χ2n) is 6.80. The molecule has 0 fully saturated rings. The van der Waals surface area contributed by atoms with Crippen LogP contribution in [0, 0.1) is 5.92 Å². The number of hydrogen-bond donors (Lipinski definition) is 2. The third kappa shape index (κ3) is 3.98. The van der Waals surface area contributed by atoms with E-state index in [2.05, 4.69) is 20.5 Å². The van der Waals surface area contributed by atoms with Crippen molar-refractivity contribution in [2.75, 3.05) is 12.0 Å². The van der Waals surface area contributed by atoms with Gasteiger partial charge in [0.1, 0.15) is 5.75 Å². The molecule has 2 aromatic heterocycles. The lowest BCUT2D eigenvalue weighted by molar-refractivity contribution is 0.340. The van der Waals surface area contributed by atoms with Crippen LogP contribution in [0.5, 0.6) is 5.75 Å². The van der Waals surface area contributed by atoms with Gasteiger partial charge < -0.3 is 9.30 Å². The number of H-pyrrole nitrogens is 1. The Morgan fingerprint density at radius 3 is 2.64 bits per heavy atom. The van der Waals surface area contributed by atoms with Crippen LogP contribution < -0.4 is 21.4 Å². The van der Waals surface area contributed by atoms with Crippen LogP contribution >= 0.6 is 0 Å². The maximum atomic E-state index is 12.3. The Morgan fingerprint density at radius 2 is 2.00 bits per heavy atom. The first-order valence-electron chi connectivity index (χ1n) is 9.12. The van der Waals surface area contributed by atoms with Crippen molar-refractivity contribution < 1.29 is 4.74 Å². The fraction of sp³-hybridized carbons (Fsp3) is 0.368. The number of rotatable bonds is 7. The minimum atomic E-state index is -0.504. The summed E-state index contributed by atoms with van der Waals surface area (Å²) in [5.74, 6) is 1.47. The van der Waals surface area contributed by atoms with E-state index in [0.29, 0.717) is 30.3 Å². The van der Waals surface area contributed by atoms with Crippen molar-refractivity contribution in [1.29, 1.82) is 0 Å². The molecular formula is C19H24N6O3. The molecule has 3 rings (SSSR count). The number of anilines is 1. The van der Waals surface area contributed by atoms with E-state index >= 15 is 0 Å². The van der Waals surface area contributed by atoms with Gasteiger partial charge in [0.2, 0.25) is 5.95 Å². The molecule has 0 saturated heterocycles. The largest absolute Gasteiger partial charge is 0.494 e.